The zero-order chi connectivity index (χ0) is 14.5. The number of carboxylic acids is 1. The predicted molar refractivity (Wildman–Crippen MR) is 82.0 cm³/mol. The summed E-state index contributed by atoms with van der Waals surface area (Å²) in [7, 11) is 0. The van der Waals surface area contributed by atoms with Gasteiger partial charge in [0, 0.05) is 4.47 Å². The van der Waals surface area contributed by atoms with Crippen molar-refractivity contribution in [2.45, 2.75) is 17.4 Å². The lowest BCUT2D eigenvalue weighted by molar-refractivity contribution is -0.138. The summed E-state index contributed by atoms with van der Waals surface area (Å²) in [6, 6.07) is 9.37. The number of thioether (sulfide) groups is 1. The van der Waals surface area contributed by atoms with Crippen LogP contribution in [0.1, 0.15) is 17.2 Å². The van der Waals surface area contributed by atoms with Gasteiger partial charge in [0.2, 0.25) is 0 Å². The number of hydrogen-bond donors (Lipinski definition) is 1. The monoisotopic (exact) mass is 352 g/mol. The van der Waals surface area contributed by atoms with Crippen molar-refractivity contribution in [3.8, 4) is 0 Å². The Hall–Kier alpha value is -1.40. The molecule has 1 heterocycles. The molecular formula is C14H13BrN2O2S. The van der Waals surface area contributed by atoms with Gasteiger partial charge in [0.25, 0.3) is 0 Å². The molecule has 0 bridgehead atoms. The Balaban J connectivity index is 2.26. The highest BCUT2D eigenvalue weighted by atomic mass is 79.9. The smallest absolute Gasteiger partial charge is 0.312 e. The minimum Gasteiger partial charge on any atom is -0.481 e. The van der Waals surface area contributed by atoms with Crippen LogP contribution in [0.4, 0.5) is 0 Å². The van der Waals surface area contributed by atoms with Gasteiger partial charge in [-0.3, -0.25) is 4.79 Å². The molecule has 6 heteroatoms. The summed E-state index contributed by atoms with van der Waals surface area (Å²) in [4.78, 5) is 19.7. The van der Waals surface area contributed by atoms with Crippen LogP contribution in [0.2, 0.25) is 0 Å². The minimum absolute atomic E-state index is 0.410. The number of benzene rings is 1. The molecule has 4 nitrogen and oxygen atoms in total. The second-order valence-corrected chi connectivity index (χ2v) is 5.95. The van der Waals surface area contributed by atoms with Gasteiger partial charge in [-0.1, -0.05) is 28.1 Å². The zero-order valence-corrected chi connectivity index (χ0v) is 13.2. The first kappa shape index (κ1) is 15.0. The van der Waals surface area contributed by atoms with E-state index in [4.69, 9.17) is 0 Å². The molecular weight excluding hydrogens is 340 g/mol. The summed E-state index contributed by atoms with van der Waals surface area (Å²) in [5, 5.41) is 10.2. The number of rotatable bonds is 5. The largest absolute Gasteiger partial charge is 0.481 e. The highest BCUT2D eigenvalue weighted by Crippen LogP contribution is 2.23. The predicted octanol–water partition coefficient (Wildman–Crippen LogP) is 3.37. The lowest BCUT2D eigenvalue weighted by atomic mass is 9.96. The fraction of sp³-hybridized carbons (Fsp3) is 0.214. The molecule has 2 rings (SSSR count). The molecule has 0 saturated heterocycles. The molecule has 104 valence electrons. The van der Waals surface area contributed by atoms with Crippen molar-refractivity contribution in [3.63, 3.8) is 0 Å². The Morgan fingerprint density at radius 1 is 1.35 bits per heavy atom. The molecule has 0 radical (unpaired) electrons. The average Bonchev–Trinajstić information content (AvgIpc) is 2.46. The number of carbonyl (C=O) groups is 1. The van der Waals surface area contributed by atoms with Gasteiger partial charge >= 0.3 is 5.97 Å². The first-order chi connectivity index (χ1) is 9.60. The number of carboxylic acid groups (broad SMARTS) is 1. The van der Waals surface area contributed by atoms with Crippen LogP contribution in [-0.2, 0) is 11.2 Å². The third kappa shape index (κ3) is 3.80. The van der Waals surface area contributed by atoms with Crippen molar-refractivity contribution >= 4 is 33.7 Å². The molecule has 0 aliphatic rings. The quantitative estimate of drug-likeness (QED) is 0.660. The lowest BCUT2D eigenvalue weighted by Crippen LogP contribution is -2.16. The topological polar surface area (TPSA) is 63.1 Å². The molecule has 20 heavy (non-hydrogen) atoms. The number of halogens is 1. The van der Waals surface area contributed by atoms with Crippen molar-refractivity contribution < 1.29 is 9.90 Å². The molecule has 1 aromatic carbocycles. The van der Waals surface area contributed by atoms with Crippen molar-refractivity contribution in [2.24, 2.45) is 0 Å². The van der Waals surface area contributed by atoms with Gasteiger partial charge in [0.15, 0.2) is 0 Å². The average molecular weight is 353 g/mol. The molecule has 0 spiro atoms. The third-order valence-corrected chi connectivity index (χ3v) is 4.05. The highest BCUT2D eigenvalue weighted by molar-refractivity contribution is 9.10. The van der Waals surface area contributed by atoms with Gasteiger partial charge in [-0.05, 0) is 36.4 Å². The van der Waals surface area contributed by atoms with Crippen molar-refractivity contribution in [1.29, 1.82) is 0 Å². The van der Waals surface area contributed by atoms with Crippen molar-refractivity contribution in [3.05, 3.63) is 52.4 Å². The van der Waals surface area contributed by atoms with Crippen molar-refractivity contribution in [1.82, 2.24) is 9.97 Å². The van der Waals surface area contributed by atoms with Gasteiger partial charge in [-0.25, -0.2) is 9.97 Å². The molecule has 0 aliphatic carbocycles. The van der Waals surface area contributed by atoms with Gasteiger partial charge < -0.3 is 5.11 Å². The molecule has 1 atom stereocenters. The van der Waals surface area contributed by atoms with Crippen LogP contribution >= 0.6 is 27.7 Å². The number of aromatic nitrogens is 2. The molecule has 0 amide bonds. The summed E-state index contributed by atoms with van der Waals surface area (Å²) in [6.07, 6.45) is 3.72. The molecule has 1 aromatic heterocycles. The molecule has 0 fully saturated rings. The Kier molecular flexibility index (Phi) is 5.14. The Labute approximate surface area is 129 Å². The van der Waals surface area contributed by atoms with Gasteiger partial charge in [0.1, 0.15) is 12.2 Å². The van der Waals surface area contributed by atoms with E-state index in [0.717, 1.165) is 15.1 Å². The van der Waals surface area contributed by atoms with Crippen LogP contribution in [0.15, 0.2) is 46.2 Å². The van der Waals surface area contributed by atoms with Gasteiger partial charge in [-0.15, -0.1) is 11.8 Å². The van der Waals surface area contributed by atoms with Gasteiger partial charge in [0.05, 0.1) is 10.7 Å². The van der Waals surface area contributed by atoms with Crippen LogP contribution in [0.5, 0.6) is 0 Å². The first-order valence-electron chi connectivity index (χ1n) is 5.93. The summed E-state index contributed by atoms with van der Waals surface area (Å²) in [5.41, 5.74) is 1.50. The zero-order valence-electron chi connectivity index (χ0n) is 10.8. The lowest BCUT2D eigenvalue weighted by Gasteiger charge is -2.12. The molecule has 2 aromatic rings. The maximum absolute atomic E-state index is 11.5. The molecule has 1 unspecified atom stereocenters. The summed E-state index contributed by atoms with van der Waals surface area (Å²) >= 11 is 4.83. The standard InChI is InChI=1S/C14H13BrN2O2S/c1-20-13-7-12(16-8-17-13)11(14(18)19)6-9-2-4-10(15)5-3-9/h2-5,7-8,11H,6H2,1H3,(H,18,19). The summed E-state index contributed by atoms with van der Waals surface area (Å²) < 4.78 is 0.972. The minimum atomic E-state index is -0.876. The van der Waals surface area contributed by atoms with E-state index in [1.54, 1.807) is 6.07 Å². The van der Waals surface area contributed by atoms with Crippen LogP contribution in [-0.4, -0.2) is 27.3 Å². The molecule has 1 N–H and O–H groups in total. The molecule has 0 saturated carbocycles. The third-order valence-electron chi connectivity index (χ3n) is 2.88. The second-order valence-electron chi connectivity index (χ2n) is 4.21. The SMILES string of the molecule is CSc1cc(C(Cc2ccc(Br)cc2)C(=O)O)ncn1. The number of nitrogens with zero attached hydrogens (tertiary/aromatic N) is 2. The van der Waals surface area contributed by atoms with E-state index in [0.29, 0.717) is 12.1 Å². The molecule has 0 aliphatic heterocycles. The van der Waals surface area contributed by atoms with Crippen LogP contribution in [0.3, 0.4) is 0 Å². The normalized spacial score (nSPS) is 12.1. The Bertz CT molecular complexity index is 604. The summed E-state index contributed by atoms with van der Waals surface area (Å²) in [6.45, 7) is 0. The van der Waals surface area contributed by atoms with E-state index in [9.17, 15) is 9.90 Å². The maximum atomic E-state index is 11.5. The number of hydrogen-bond acceptors (Lipinski definition) is 4. The second kappa shape index (κ2) is 6.85. The van der Waals surface area contributed by atoms with E-state index in [2.05, 4.69) is 25.9 Å². The first-order valence-corrected chi connectivity index (χ1v) is 7.95. The van der Waals surface area contributed by atoms with E-state index in [-0.39, 0.29) is 0 Å². The van der Waals surface area contributed by atoms with Crippen LogP contribution in [0, 0.1) is 0 Å². The van der Waals surface area contributed by atoms with Crippen molar-refractivity contribution in [2.75, 3.05) is 6.26 Å². The fourth-order valence-electron chi connectivity index (χ4n) is 1.83. The van der Waals surface area contributed by atoms with Crippen LogP contribution < -0.4 is 0 Å². The number of aliphatic carboxylic acids is 1. The van der Waals surface area contributed by atoms with E-state index in [1.807, 2.05) is 30.5 Å². The van der Waals surface area contributed by atoms with E-state index in [1.165, 1.54) is 18.1 Å². The van der Waals surface area contributed by atoms with E-state index < -0.39 is 11.9 Å². The Morgan fingerprint density at radius 2 is 2.05 bits per heavy atom. The Morgan fingerprint density at radius 3 is 2.65 bits per heavy atom. The van der Waals surface area contributed by atoms with E-state index >= 15 is 0 Å². The maximum Gasteiger partial charge on any atom is 0.312 e. The highest BCUT2D eigenvalue weighted by Gasteiger charge is 2.22. The van der Waals surface area contributed by atoms with Gasteiger partial charge in [-0.2, -0.15) is 0 Å². The fourth-order valence-corrected chi connectivity index (χ4v) is 2.49. The van der Waals surface area contributed by atoms with Crippen LogP contribution in [0.25, 0.3) is 0 Å². The summed E-state index contributed by atoms with van der Waals surface area (Å²) in [5.74, 6) is -1.54.